The molecule has 1 unspecified atom stereocenters. The van der Waals surface area contributed by atoms with Crippen molar-refractivity contribution in [1.82, 2.24) is 20.3 Å². The van der Waals surface area contributed by atoms with Crippen molar-refractivity contribution in [1.29, 1.82) is 0 Å². The maximum absolute atomic E-state index is 13.1. The fraction of sp³-hybridized carbons (Fsp3) is 0.263. The molecule has 2 aromatic heterocycles. The standard InChI is InChI=1S/C19H17ClF3N5O3S/c1-9-3-4-10(5-11(9)19(21,22)23)28-16(29)12-6-24-13(32-12)7-25-17(30)15-14(20)18(31-2)27-8-26-15/h3-6,8,17,25,30H,7H2,1-2H3,(H,28,29). The molecule has 32 heavy (non-hydrogen) atoms. The first-order valence-corrected chi connectivity index (χ1v) is 10.2. The average Bonchev–Trinajstić information content (AvgIpc) is 3.22. The zero-order valence-electron chi connectivity index (χ0n) is 16.7. The number of hydrogen-bond acceptors (Lipinski definition) is 8. The van der Waals surface area contributed by atoms with Crippen LogP contribution in [0.15, 0.2) is 30.7 Å². The topological polar surface area (TPSA) is 109 Å². The van der Waals surface area contributed by atoms with Crippen LogP contribution in [0.4, 0.5) is 18.9 Å². The van der Waals surface area contributed by atoms with E-state index in [4.69, 9.17) is 16.3 Å². The molecule has 0 bridgehead atoms. The maximum Gasteiger partial charge on any atom is 0.416 e. The van der Waals surface area contributed by atoms with Crippen LogP contribution in [0.25, 0.3) is 0 Å². The second kappa shape index (κ2) is 9.77. The van der Waals surface area contributed by atoms with E-state index < -0.39 is 23.9 Å². The summed E-state index contributed by atoms with van der Waals surface area (Å²) in [7, 11) is 1.38. The van der Waals surface area contributed by atoms with E-state index in [2.05, 4.69) is 25.6 Å². The molecule has 0 aliphatic rings. The van der Waals surface area contributed by atoms with Gasteiger partial charge in [-0.15, -0.1) is 11.3 Å². The molecule has 3 aromatic rings. The van der Waals surface area contributed by atoms with Crippen molar-refractivity contribution < 1.29 is 27.8 Å². The Morgan fingerprint density at radius 2 is 2.06 bits per heavy atom. The van der Waals surface area contributed by atoms with Gasteiger partial charge in [0.2, 0.25) is 5.88 Å². The van der Waals surface area contributed by atoms with Gasteiger partial charge in [0.25, 0.3) is 5.91 Å². The number of ether oxygens (including phenoxy) is 1. The number of aliphatic hydroxyl groups excluding tert-OH is 1. The normalized spacial score (nSPS) is 12.5. The number of nitrogens with one attached hydrogen (secondary N) is 2. The van der Waals surface area contributed by atoms with Crippen LogP contribution >= 0.6 is 22.9 Å². The Hall–Kier alpha value is -2.80. The number of benzene rings is 1. The van der Waals surface area contributed by atoms with E-state index in [-0.39, 0.29) is 39.3 Å². The zero-order chi connectivity index (χ0) is 23.5. The molecule has 0 spiro atoms. The van der Waals surface area contributed by atoms with Crippen molar-refractivity contribution in [2.75, 3.05) is 12.4 Å². The van der Waals surface area contributed by atoms with Crippen molar-refractivity contribution in [3.63, 3.8) is 0 Å². The van der Waals surface area contributed by atoms with Gasteiger partial charge in [-0.05, 0) is 24.6 Å². The fourth-order valence-electron chi connectivity index (χ4n) is 2.67. The molecule has 2 heterocycles. The van der Waals surface area contributed by atoms with E-state index in [0.29, 0.717) is 5.01 Å². The fourth-order valence-corrected chi connectivity index (χ4v) is 3.72. The van der Waals surface area contributed by atoms with Gasteiger partial charge in [0.05, 0.1) is 25.4 Å². The first-order valence-electron chi connectivity index (χ1n) is 9.00. The van der Waals surface area contributed by atoms with Gasteiger partial charge in [0, 0.05) is 5.69 Å². The third-order valence-electron chi connectivity index (χ3n) is 4.26. The van der Waals surface area contributed by atoms with Gasteiger partial charge in [0.15, 0.2) is 0 Å². The van der Waals surface area contributed by atoms with Gasteiger partial charge in [-0.1, -0.05) is 17.7 Å². The summed E-state index contributed by atoms with van der Waals surface area (Å²) < 4.78 is 44.2. The molecule has 1 atom stereocenters. The summed E-state index contributed by atoms with van der Waals surface area (Å²) in [5, 5.41) is 16.0. The lowest BCUT2D eigenvalue weighted by Gasteiger charge is -2.13. The van der Waals surface area contributed by atoms with Crippen molar-refractivity contribution in [3.05, 3.63) is 62.5 Å². The highest BCUT2D eigenvalue weighted by atomic mass is 35.5. The lowest BCUT2D eigenvalue weighted by molar-refractivity contribution is -0.138. The molecule has 0 saturated carbocycles. The summed E-state index contributed by atoms with van der Waals surface area (Å²) in [5.41, 5.74) is -0.642. The quantitative estimate of drug-likeness (QED) is 0.433. The minimum Gasteiger partial charge on any atom is -0.480 e. The van der Waals surface area contributed by atoms with Crippen molar-refractivity contribution in [2.24, 2.45) is 0 Å². The second-order valence-electron chi connectivity index (χ2n) is 6.47. The van der Waals surface area contributed by atoms with Crippen molar-refractivity contribution >= 4 is 34.5 Å². The van der Waals surface area contributed by atoms with Crippen LogP contribution in [-0.4, -0.2) is 33.1 Å². The number of rotatable bonds is 7. The van der Waals surface area contributed by atoms with Gasteiger partial charge in [-0.3, -0.25) is 10.1 Å². The maximum atomic E-state index is 13.1. The van der Waals surface area contributed by atoms with Gasteiger partial charge >= 0.3 is 6.18 Å². The van der Waals surface area contributed by atoms with E-state index in [9.17, 15) is 23.1 Å². The van der Waals surface area contributed by atoms with Gasteiger partial charge < -0.3 is 15.2 Å². The van der Waals surface area contributed by atoms with E-state index in [1.54, 1.807) is 0 Å². The predicted octanol–water partition coefficient (Wildman–Crippen LogP) is 3.96. The van der Waals surface area contributed by atoms with Crippen molar-refractivity contribution in [2.45, 2.75) is 25.9 Å². The van der Waals surface area contributed by atoms with E-state index in [0.717, 1.165) is 17.4 Å². The lowest BCUT2D eigenvalue weighted by atomic mass is 10.1. The summed E-state index contributed by atoms with van der Waals surface area (Å²) in [4.78, 5) is 24.4. The van der Waals surface area contributed by atoms with Crippen LogP contribution in [0, 0.1) is 6.92 Å². The van der Waals surface area contributed by atoms with E-state index in [1.807, 2.05) is 0 Å². The van der Waals surface area contributed by atoms with Crippen LogP contribution in [0.1, 0.15) is 37.7 Å². The molecular weight excluding hydrogens is 471 g/mol. The molecule has 1 aromatic carbocycles. The van der Waals surface area contributed by atoms with E-state index >= 15 is 0 Å². The summed E-state index contributed by atoms with van der Waals surface area (Å²) >= 11 is 7.08. The average molecular weight is 488 g/mol. The zero-order valence-corrected chi connectivity index (χ0v) is 18.3. The number of methoxy groups -OCH3 is 1. The number of hydrogen-bond donors (Lipinski definition) is 3. The van der Waals surface area contributed by atoms with E-state index in [1.165, 1.54) is 38.7 Å². The largest absolute Gasteiger partial charge is 0.480 e. The summed E-state index contributed by atoms with van der Waals surface area (Å²) in [6.45, 7) is 1.42. The number of carbonyl (C=O) groups excluding carboxylic acids is 1. The number of alkyl halides is 3. The number of carbonyl (C=O) groups is 1. The number of halogens is 4. The van der Waals surface area contributed by atoms with Gasteiger partial charge in [0.1, 0.15) is 33.2 Å². The molecule has 0 radical (unpaired) electrons. The molecule has 170 valence electrons. The molecule has 0 aliphatic heterocycles. The van der Waals surface area contributed by atoms with Crippen LogP contribution in [0.3, 0.4) is 0 Å². The Kier molecular flexibility index (Phi) is 7.29. The number of aryl methyl sites for hydroxylation is 1. The summed E-state index contributed by atoms with van der Waals surface area (Å²) in [5.74, 6) is -0.495. The first kappa shape index (κ1) is 23.9. The number of aliphatic hydroxyl groups is 1. The molecule has 3 N–H and O–H groups in total. The second-order valence-corrected chi connectivity index (χ2v) is 7.96. The van der Waals surface area contributed by atoms with Gasteiger partial charge in [-0.2, -0.15) is 13.2 Å². The third kappa shape index (κ3) is 5.51. The highest BCUT2D eigenvalue weighted by Gasteiger charge is 2.32. The van der Waals surface area contributed by atoms with Crippen molar-refractivity contribution in [3.8, 4) is 5.88 Å². The van der Waals surface area contributed by atoms with Crippen LogP contribution in [0.5, 0.6) is 5.88 Å². The predicted molar refractivity (Wildman–Crippen MR) is 112 cm³/mol. The number of amides is 1. The molecule has 0 aliphatic carbocycles. The molecule has 1 amide bonds. The smallest absolute Gasteiger partial charge is 0.416 e. The number of nitrogens with zero attached hydrogens (tertiary/aromatic N) is 3. The number of thiazole rings is 1. The summed E-state index contributed by atoms with van der Waals surface area (Å²) in [6.07, 6.45) is -3.30. The van der Waals surface area contributed by atoms with Crippen LogP contribution < -0.4 is 15.4 Å². The van der Waals surface area contributed by atoms with Crippen LogP contribution in [0.2, 0.25) is 5.02 Å². The highest BCUT2D eigenvalue weighted by molar-refractivity contribution is 7.13. The monoisotopic (exact) mass is 487 g/mol. The lowest BCUT2D eigenvalue weighted by Crippen LogP contribution is -2.22. The Balaban J connectivity index is 1.64. The number of aromatic nitrogens is 3. The molecule has 13 heteroatoms. The third-order valence-corrected chi connectivity index (χ3v) is 5.61. The highest BCUT2D eigenvalue weighted by Crippen LogP contribution is 2.33. The minimum absolute atomic E-state index is 0.0174. The molecule has 3 rings (SSSR count). The van der Waals surface area contributed by atoms with Gasteiger partial charge in [-0.25, -0.2) is 15.0 Å². The SMILES string of the molecule is COc1ncnc(C(O)NCc2ncc(C(=O)Nc3ccc(C)c(C(F)(F)F)c3)s2)c1Cl. The minimum atomic E-state index is -4.52. The Morgan fingerprint density at radius 3 is 2.75 bits per heavy atom. The Bertz CT molecular complexity index is 1130. The Morgan fingerprint density at radius 1 is 1.31 bits per heavy atom. The molecular formula is C19H17ClF3N5O3S. The van der Waals surface area contributed by atoms with Crippen LogP contribution in [-0.2, 0) is 12.7 Å². The number of anilines is 1. The molecule has 8 nitrogen and oxygen atoms in total. The summed E-state index contributed by atoms with van der Waals surface area (Å²) in [6, 6.07) is 3.56. The first-order chi connectivity index (χ1) is 15.1. The molecule has 0 fully saturated rings. The Labute approximate surface area is 189 Å². The molecule has 0 saturated heterocycles.